The minimum Gasteiger partial charge on any atom is -0.352 e. The van der Waals surface area contributed by atoms with E-state index in [1.807, 2.05) is 19.1 Å². The quantitative estimate of drug-likeness (QED) is 0.407. The number of rotatable bonds is 12. The van der Waals surface area contributed by atoms with Gasteiger partial charge in [-0.1, -0.05) is 61.7 Å². The second-order valence-corrected chi connectivity index (χ2v) is 11.7. The van der Waals surface area contributed by atoms with Crippen LogP contribution in [-0.2, 0) is 26.2 Å². The lowest BCUT2D eigenvalue weighted by Crippen LogP contribution is -2.51. The summed E-state index contributed by atoms with van der Waals surface area (Å²) < 4.78 is 40.1. The Morgan fingerprint density at radius 3 is 2.38 bits per heavy atom. The number of sulfonamides is 1. The molecule has 1 fully saturated rings. The number of nitrogens with zero attached hydrogens (tertiary/aromatic N) is 2. The number of para-hydroxylation sites is 1. The summed E-state index contributed by atoms with van der Waals surface area (Å²) in [4.78, 5) is 28.2. The van der Waals surface area contributed by atoms with E-state index in [0.717, 1.165) is 36.2 Å². The molecule has 0 aromatic heterocycles. The van der Waals surface area contributed by atoms with Crippen LogP contribution in [0.3, 0.4) is 0 Å². The maximum Gasteiger partial charge on any atom is 0.243 e. The second-order valence-electron chi connectivity index (χ2n) is 9.42. The number of carbonyl (C=O) groups is 2. The number of hydrogen-bond donors (Lipinski definition) is 1. The van der Waals surface area contributed by atoms with Crippen LogP contribution in [0.2, 0.25) is 5.02 Å². The lowest BCUT2D eigenvalue weighted by molar-refractivity contribution is -0.141. The summed E-state index contributed by atoms with van der Waals surface area (Å²) in [5.74, 6) is -1.15. The van der Waals surface area contributed by atoms with Crippen molar-refractivity contribution in [2.75, 3.05) is 17.1 Å². The third-order valence-electron chi connectivity index (χ3n) is 6.66. The summed E-state index contributed by atoms with van der Waals surface area (Å²) >= 11 is 6.37. The topological polar surface area (TPSA) is 86.8 Å². The van der Waals surface area contributed by atoms with E-state index < -0.39 is 21.9 Å². The highest BCUT2D eigenvalue weighted by Gasteiger charge is 2.31. The van der Waals surface area contributed by atoms with Crippen LogP contribution in [0.5, 0.6) is 0 Å². The van der Waals surface area contributed by atoms with Crippen molar-refractivity contribution in [3.8, 4) is 0 Å². The third-order valence-corrected chi connectivity index (χ3v) is 8.21. The Morgan fingerprint density at radius 1 is 1.11 bits per heavy atom. The summed E-state index contributed by atoms with van der Waals surface area (Å²) in [7, 11) is -3.77. The van der Waals surface area contributed by atoms with Gasteiger partial charge in [0.2, 0.25) is 21.8 Å². The molecule has 1 aliphatic carbocycles. The molecule has 1 saturated carbocycles. The molecule has 1 N–H and O–H groups in total. The Morgan fingerprint density at radius 2 is 1.76 bits per heavy atom. The molecule has 0 radical (unpaired) electrons. The standard InChI is InChI=1S/C27H35ClFN3O4S/c1-3-24(27(34)30-21-12-5-6-13-21)31(19-20-11-4-7-14-22(20)28)26(33)17-10-18-32(37(2,35)36)25-16-9-8-15-23(25)29/h4,7-9,11,14-16,21,24H,3,5-6,10,12-13,17-19H2,1-2H3,(H,30,34). The highest BCUT2D eigenvalue weighted by molar-refractivity contribution is 7.92. The molecule has 0 saturated heterocycles. The van der Waals surface area contributed by atoms with Crippen LogP contribution in [0.1, 0.15) is 57.4 Å². The van der Waals surface area contributed by atoms with Crippen molar-refractivity contribution < 1.29 is 22.4 Å². The van der Waals surface area contributed by atoms with Gasteiger partial charge < -0.3 is 10.2 Å². The zero-order valence-corrected chi connectivity index (χ0v) is 22.9. The fourth-order valence-electron chi connectivity index (χ4n) is 4.73. The molecule has 2 aromatic carbocycles. The zero-order chi connectivity index (χ0) is 27.0. The molecule has 0 aliphatic heterocycles. The summed E-state index contributed by atoms with van der Waals surface area (Å²) in [6, 6.07) is 12.2. The van der Waals surface area contributed by atoms with Crippen LogP contribution in [-0.4, -0.2) is 50.0 Å². The zero-order valence-electron chi connectivity index (χ0n) is 21.3. The van der Waals surface area contributed by atoms with Gasteiger partial charge in [-0.25, -0.2) is 12.8 Å². The molecule has 2 amide bonds. The Kier molecular flexibility index (Phi) is 10.3. The van der Waals surface area contributed by atoms with E-state index >= 15 is 0 Å². The van der Waals surface area contributed by atoms with E-state index in [0.29, 0.717) is 17.0 Å². The first-order valence-electron chi connectivity index (χ1n) is 12.7. The third kappa shape index (κ3) is 7.92. The van der Waals surface area contributed by atoms with Gasteiger partial charge in [0.25, 0.3) is 0 Å². The van der Waals surface area contributed by atoms with Gasteiger partial charge in [0.15, 0.2) is 0 Å². The number of benzene rings is 2. The molecule has 1 atom stereocenters. The molecule has 1 aliphatic rings. The lowest BCUT2D eigenvalue weighted by atomic mass is 10.1. The lowest BCUT2D eigenvalue weighted by Gasteiger charge is -2.32. The first-order chi connectivity index (χ1) is 17.6. The van der Waals surface area contributed by atoms with Gasteiger partial charge in [-0.05, 0) is 49.4 Å². The minimum absolute atomic E-state index is 0.0157. The Bertz CT molecular complexity index is 1190. The van der Waals surface area contributed by atoms with Gasteiger partial charge in [-0.3, -0.25) is 13.9 Å². The minimum atomic E-state index is -3.77. The first kappa shape index (κ1) is 28.9. The highest BCUT2D eigenvalue weighted by Crippen LogP contribution is 2.24. The predicted molar refractivity (Wildman–Crippen MR) is 144 cm³/mol. The molecule has 3 rings (SSSR count). The fourth-order valence-corrected chi connectivity index (χ4v) is 5.90. The van der Waals surface area contributed by atoms with Crippen molar-refractivity contribution in [3.63, 3.8) is 0 Å². The average Bonchev–Trinajstić information content (AvgIpc) is 3.35. The van der Waals surface area contributed by atoms with Crippen LogP contribution in [0.25, 0.3) is 0 Å². The van der Waals surface area contributed by atoms with Crippen LogP contribution in [0.4, 0.5) is 10.1 Å². The van der Waals surface area contributed by atoms with Crippen LogP contribution >= 0.6 is 11.6 Å². The van der Waals surface area contributed by atoms with E-state index in [2.05, 4.69) is 5.32 Å². The van der Waals surface area contributed by atoms with E-state index in [9.17, 15) is 22.4 Å². The first-order valence-corrected chi connectivity index (χ1v) is 14.9. The number of nitrogens with one attached hydrogen (secondary N) is 1. The molecule has 0 bridgehead atoms. The van der Waals surface area contributed by atoms with Crippen molar-refractivity contribution in [3.05, 3.63) is 64.9 Å². The average molecular weight is 552 g/mol. The molecule has 10 heteroatoms. The largest absolute Gasteiger partial charge is 0.352 e. The van der Waals surface area contributed by atoms with E-state index in [-0.39, 0.29) is 49.5 Å². The van der Waals surface area contributed by atoms with Gasteiger partial charge in [0, 0.05) is 30.6 Å². The van der Waals surface area contributed by atoms with Gasteiger partial charge in [0.05, 0.1) is 11.9 Å². The predicted octanol–water partition coefficient (Wildman–Crippen LogP) is 4.89. The number of carbonyl (C=O) groups excluding carboxylic acids is 2. The fraction of sp³-hybridized carbons (Fsp3) is 0.481. The maximum absolute atomic E-state index is 14.3. The summed E-state index contributed by atoms with van der Waals surface area (Å²) in [5, 5.41) is 3.59. The van der Waals surface area contributed by atoms with Crippen LogP contribution < -0.4 is 9.62 Å². The smallest absolute Gasteiger partial charge is 0.243 e. The molecular formula is C27H35ClFN3O4S. The van der Waals surface area contributed by atoms with Crippen LogP contribution in [0.15, 0.2) is 48.5 Å². The van der Waals surface area contributed by atoms with Gasteiger partial charge in [0.1, 0.15) is 11.9 Å². The number of anilines is 1. The molecule has 7 nitrogen and oxygen atoms in total. The summed E-state index contributed by atoms with van der Waals surface area (Å²) in [6.45, 7) is 1.93. The molecule has 0 heterocycles. The Labute approximate surface area is 224 Å². The maximum atomic E-state index is 14.3. The Hall–Kier alpha value is -2.65. The normalized spacial score (nSPS) is 14.8. The Balaban J connectivity index is 1.77. The van der Waals surface area contributed by atoms with E-state index in [1.165, 1.54) is 23.1 Å². The van der Waals surface area contributed by atoms with E-state index in [4.69, 9.17) is 11.6 Å². The van der Waals surface area contributed by atoms with Gasteiger partial charge in [-0.15, -0.1) is 0 Å². The molecule has 202 valence electrons. The monoisotopic (exact) mass is 551 g/mol. The van der Waals surface area contributed by atoms with Crippen LogP contribution in [0, 0.1) is 5.82 Å². The summed E-state index contributed by atoms with van der Waals surface area (Å²) in [5.41, 5.74) is 0.654. The molecule has 2 aromatic rings. The van der Waals surface area contributed by atoms with Crippen molar-refractivity contribution >= 4 is 39.1 Å². The second kappa shape index (κ2) is 13.2. The van der Waals surface area contributed by atoms with Gasteiger partial charge >= 0.3 is 0 Å². The summed E-state index contributed by atoms with van der Waals surface area (Å²) in [6.07, 6.45) is 5.56. The number of halogens is 2. The van der Waals surface area contributed by atoms with Gasteiger partial charge in [-0.2, -0.15) is 0 Å². The molecule has 37 heavy (non-hydrogen) atoms. The SMILES string of the molecule is CCC(C(=O)NC1CCCC1)N(Cc1ccccc1Cl)C(=O)CCCN(c1ccccc1F)S(C)(=O)=O. The van der Waals surface area contributed by atoms with Crippen molar-refractivity contribution in [1.29, 1.82) is 0 Å². The number of hydrogen-bond acceptors (Lipinski definition) is 4. The van der Waals surface area contributed by atoms with Crippen molar-refractivity contribution in [2.24, 2.45) is 0 Å². The molecule has 1 unspecified atom stereocenters. The van der Waals surface area contributed by atoms with Crippen molar-refractivity contribution in [2.45, 2.75) is 70.5 Å². The number of amides is 2. The molecular weight excluding hydrogens is 517 g/mol. The molecule has 0 spiro atoms. The van der Waals surface area contributed by atoms with E-state index in [1.54, 1.807) is 18.2 Å². The van der Waals surface area contributed by atoms with Crippen molar-refractivity contribution in [1.82, 2.24) is 10.2 Å². The highest BCUT2D eigenvalue weighted by atomic mass is 35.5.